The Morgan fingerprint density at radius 2 is 1.96 bits per heavy atom. The van der Waals surface area contributed by atoms with E-state index in [1.54, 1.807) is 7.11 Å². The number of ether oxygens (including phenoxy) is 2. The molecule has 3 heterocycles. The second kappa shape index (κ2) is 15.3. The van der Waals surface area contributed by atoms with Crippen molar-refractivity contribution in [3.05, 3.63) is 76.5 Å². The van der Waals surface area contributed by atoms with Crippen LogP contribution in [-0.2, 0) is 22.5 Å². The Hall–Kier alpha value is -3.63. The molecule has 1 amide bonds. The van der Waals surface area contributed by atoms with E-state index >= 15 is 0 Å². The lowest BCUT2D eigenvalue weighted by molar-refractivity contribution is -0.131. The SMILES string of the molecule is S.[C-]#[N+]C[C@H]1CN(c2nc(OCC3(CN(C)CCOC)CC3)nc3c2CCN(c2cccc4cccc(Cl)c24)C3)CCN1C(=O)C(=C)F. The summed E-state index contributed by atoms with van der Waals surface area (Å²) in [5, 5.41) is 2.79. The number of amides is 1. The van der Waals surface area contributed by atoms with Crippen molar-refractivity contribution in [2.75, 3.05) is 83.0 Å². The van der Waals surface area contributed by atoms with Gasteiger partial charge in [-0.1, -0.05) is 42.4 Å². The van der Waals surface area contributed by atoms with Crippen LogP contribution in [0.3, 0.4) is 0 Å². The van der Waals surface area contributed by atoms with E-state index in [-0.39, 0.29) is 32.0 Å². The van der Waals surface area contributed by atoms with Crippen LogP contribution in [-0.4, -0.2) is 105 Å². The molecule has 256 valence electrons. The predicted octanol–water partition coefficient (Wildman–Crippen LogP) is 5.12. The van der Waals surface area contributed by atoms with Gasteiger partial charge >= 0.3 is 6.01 Å². The normalized spacial score (nSPS) is 18.2. The minimum atomic E-state index is -1.01. The topological polar surface area (TPSA) is 78.6 Å². The number of aromatic nitrogens is 2. The van der Waals surface area contributed by atoms with Crippen molar-refractivity contribution in [2.45, 2.75) is 31.8 Å². The molecule has 3 aliphatic rings. The van der Waals surface area contributed by atoms with Crippen LogP contribution < -0.4 is 14.5 Å². The van der Waals surface area contributed by atoms with Crippen molar-refractivity contribution >= 4 is 53.3 Å². The third-order valence-corrected chi connectivity index (χ3v) is 9.83. The van der Waals surface area contributed by atoms with Crippen LogP contribution in [0.5, 0.6) is 6.01 Å². The molecule has 2 aliphatic heterocycles. The summed E-state index contributed by atoms with van der Waals surface area (Å²) in [6, 6.07) is 12.0. The van der Waals surface area contributed by atoms with Gasteiger partial charge in [-0.05, 0) is 43.8 Å². The molecule has 1 saturated carbocycles. The molecule has 13 heteroatoms. The molecule has 0 radical (unpaired) electrons. The summed E-state index contributed by atoms with van der Waals surface area (Å²) in [6.07, 6.45) is 2.84. The van der Waals surface area contributed by atoms with E-state index in [0.29, 0.717) is 50.3 Å². The van der Waals surface area contributed by atoms with Crippen molar-refractivity contribution in [1.82, 2.24) is 19.8 Å². The Kier molecular flexibility index (Phi) is 11.4. The van der Waals surface area contributed by atoms with E-state index in [1.807, 2.05) is 18.2 Å². The molecule has 48 heavy (non-hydrogen) atoms. The van der Waals surface area contributed by atoms with Gasteiger partial charge in [0, 0.05) is 68.4 Å². The zero-order valence-electron chi connectivity index (χ0n) is 27.6. The second-order valence-corrected chi connectivity index (χ2v) is 13.3. The Bertz CT molecular complexity index is 1700. The highest BCUT2D eigenvalue weighted by Gasteiger charge is 2.45. The van der Waals surface area contributed by atoms with E-state index < -0.39 is 17.8 Å². The van der Waals surface area contributed by atoms with Crippen LogP contribution in [0.25, 0.3) is 15.6 Å². The van der Waals surface area contributed by atoms with Gasteiger partial charge in [0.25, 0.3) is 5.91 Å². The number of likely N-dealkylation sites (N-methyl/N-ethyl adjacent to an activating group) is 1. The average Bonchev–Trinajstić information content (AvgIpc) is 3.84. The van der Waals surface area contributed by atoms with Gasteiger partial charge in [0.05, 0.1) is 30.5 Å². The van der Waals surface area contributed by atoms with Gasteiger partial charge in [0.2, 0.25) is 6.54 Å². The molecule has 1 atom stereocenters. The van der Waals surface area contributed by atoms with Gasteiger partial charge in [-0.25, -0.2) is 11.0 Å². The molecule has 0 spiro atoms. The van der Waals surface area contributed by atoms with Gasteiger partial charge in [-0.15, -0.1) is 0 Å². The number of benzene rings is 2. The second-order valence-electron chi connectivity index (χ2n) is 12.9. The number of halogens is 2. The van der Waals surface area contributed by atoms with Crippen molar-refractivity contribution in [2.24, 2.45) is 5.41 Å². The average molecular weight is 696 g/mol. The number of nitrogens with zero attached hydrogens (tertiary/aromatic N) is 7. The molecular weight excluding hydrogens is 653 g/mol. The van der Waals surface area contributed by atoms with Crippen LogP contribution in [0.1, 0.15) is 24.1 Å². The first-order valence-electron chi connectivity index (χ1n) is 16.1. The van der Waals surface area contributed by atoms with Crippen LogP contribution >= 0.6 is 25.1 Å². The maximum absolute atomic E-state index is 13.9. The van der Waals surface area contributed by atoms with Gasteiger partial charge in [-0.3, -0.25) is 4.79 Å². The van der Waals surface area contributed by atoms with Crippen LogP contribution in [0.15, 0.2) is 48.8 Å². The summed E-state index contributed by atoms with van der Waals surface area (Å²) in [5.41, 5.74) is 3.00. The lowest BCUT2D eigenvalue weighted by Crippen LogP contribution is -2.57. The lowest BCUT2D eigenvalue weighted by Gasteiger charge is -2.41. The maximum Gasteiger partial charge on any atom is 0.318 e. The van der Waals surface area contributed by atoms with E-state index in [2.05, 4.69) is 51.4 Å². The van der Waals surface area contributed by atoms with Crippen molar-refractivity contribution < 1.29 is 18.7 Å². The molecular formula is C35H43ClFN7O3S. The highest BCUT2D eigenvalue weighted by molar-refractivity contribution is 7.59. The van der Waals surface area contributed by atoms with Crippen molar-refractivity contribution in [1.29, 1.82) is 0 Å². The summed E-state index contributed by atoms with van der Waals surface area (Å²) in [6.45, 7) is 16.0. The zero-order valence-corrected chi connectivity index (χ0v) is 29.3. The summed E-state index contributed by atoms with van der Waals surface area (Å²) in [7, 11) is 3.81. The fraction of sp³-hybridized carbons (Fsp3) is 0.486. The summed E-state index contributed by atoms with van der Waals surface area (Å²) in [5.74, 6) is -1.02. The Morgan fingerprint density at radius 3 is 2.67 bits per heavy atom. The largest absolute Gasteiger partial charge is 0.463 e. The number of piperazine rings is 1. The van der Waals surface area contributed by atoms with Crippen LogP contribution in [0, 0.1) is 12.0 Å². The number of anilines is 2. The Morgan fingerprint density at radius 1 is 1.19 bits per heavy atom. The molecule has 1 aliphatic carbocycles. The predicted molar refractivity (Wildman–Crippen MR) is 192 cm³/mol. The first-order chi connectivity index (χ1) is 22.7. The highest BCUT2D eigenvalue weighted by Crippen LogP contribution is 2.46. The quantitative estimate of drug-likeness (QED) is 0.191. The number of fused-ring (bicyclic) bond motifs is 2. The number of carbonyl (C=O) groups is 1. The lowest BCUT2D eigenvalue weighted by atomic mass is 10.0. The molecule has 0 unspecified atom stereocenters. The number of hydrogen-bond acceptors (Lipinski definition) is 8. The fourth-order valence-electron chi connectivity index (χ4n) is 6.83. The Labute approximate surface area is 293 Å². The fourth-order valence-corrected chi connectivity index (χ4v) is 7.11. The van der Waals surface area contributed by atoms with Crippen LogP contribution in [0.4, 0.5) is 15.9 Å². The van der Waals surface area contributed by atoms with Crippen molar-refractivity contribution in [3.63, 3.8) is 0 Å². The molecule has 10 nitrogen and oxygen atoms in total. The Balaban J connectivity index is 0.00000451. The molecule has 6 rings (SSSR count). The third-order valence-electron chi connectivity index (χ3n) is 9.52. The van der Waals surface area contributed by atoms with Gasteiger partial charge in [0.1, 0.15) is 11.9 Å². The minimum absolute atomic E-state index is 0. The van der Waals surface area contributed by atoms with E-state index in [4.69, 9.17) is 37.6 Å². The molecule has 2 fully saturated rings. The monoisotopic (exact) mass is 695 g/mol. The highest BCUT2D eigenvalue weighted by atomic mass is 35.5. The molecule has 1 aromatic heterocycles. The maximum atomic E-state index is 13.9. The molecule has 2 aromatic carbocycles. The minimum Gasteiger partial charge on any atom is -0.463 e. The first-order valence-corrected chi connectivity index (χ1v) is 16.5. The number of methoxy groups -OCH3 is 1. The molecule has 1 saturated heterocycles. The van der Waals surface area contributed by atoms with Crippen LogP contribution in [0.2, 0.25) is 5.02 Å². The molecule has 3 aromatic rings. The summed E-state index contributed by atoms with van der Waals surface area (Å²) < 4.78 is 25.5. The van der Waals surface area contributed by atoms with E-state index in [1.165, 1.54) is 4.90 Å². The first kappa shape index (κ1) is 35.7. The van der Waals surface area contributed by atoms with Crippen molar-refractivity contribution in [3.8, 4) is 6.01 Å². The smallest absolute Gasteiger partial charge is 0.318 e. The van der Waals surface area contributed by atoms with Gasteiger partial charge in [-0.2, -0.15) is 23.5 Å². The van der Waals surface area contributed by atoms with Gasteiger partial charge < -0.3 is 33.9 Å². The van der Waals surface area contributed by atoms with Gasteiger partial charge in [0.15, 0.2) is 5.83 Å². The zero-order chi connectivity index (χ0) is 33.1. The number of hydrogen-bond donors (Lipinski definition) is 0. The molecule has 0 bridgehead atoms. The summed E-state index contributed by atoms with van der Waals surface area (Å²) >= 11 is 6.71. The summed E-state index contributed by atoms with van der Waals surface area (Å²) in [4.78, 5) is 34.2. The standard InChI is InChI=1S/C35H41ClFN7O3.H2S/c1-24(37)33(45)44-16-15-43(20-26(44)19-38-2)32-27-11-14-42(30-10-6-8-25-7-5-9-28(36)31(25)30)21-29(27)39-34(40-32)47-23-35(12-13-35)22-41(3)17-18-46-4;/h5-10,26H,1,11-23H2,3-4H3;1H2/t26-;/m0./s1. The number of rotatable bonds is 12. The van der Waals surface area contributed by atoms with E-state index in [9.17, 15) is 9.18 Å². The number of carbonyl (C=O) groups excluding carboxylic acids is 1. The van der Waals surface area contributed by atoms with E-state index in [0.717, 1.165) is 66.0 Å². The third kappa shape index (κ3) is 7.65. The molecule has 0 N–H and O–H groups in total.